The van der Waals surface area contributed by atoms with E-state index in [2.05, 4.69) is 32.1 Å². The quantitative estimate of drug-likeness (QED) is 0.821. The summed E-state index contributed by atoms with van der Waals surface area (Å²) in [5.74, 6) is 0.0833. The van der Waals surface area contributed by atoms with Crippen molar-refractivity contribution in [2.75, 3.05) is 32.8 Å². The van der Waals surface area contributed by atoms with Crippen molar-refractivity contribution in [1.29, 1.82) is 0 Å². The third-order valence-corrected chi connectivity index (χ3v) is 4.59. The highest BCUT2D eigenvalue weighted by atomic mass is 32.1. The van der Waals surface area contributed by atoms with Gasteiger partial charge in [0.1, 0.15) is 0 Å². The molecular formula is C16H22N4O2S. The van der Waals surface area contributed by atoms with Crippen molar-refractivity contribution >= 4 is 17.2 Å². The van der Waals surface area contributed by atoms with E-state index in [9.17, 15) is 4.79 Å². The fourth-order valence-electron chi connectivity index (χ4n) is 2.69. The Morgan fingerprint density at radius 1 is 1.52 bits per heavy atom. The van der Waals surface area contributed by atoms with Gasteiger partial charge in [-0.05, 0) is 34.9 Å². The number of hydrogen-bond donors (Lipinski definition) is 1. The molecule has 1 amide bonds. The first-order chi connectivity index (χ1) is 11.3. The molecule has 0 saturated carbocycles. The van der Waals surface area contributed by atoms with Crippen molar-refractivity contribution in [3.8, 4) is 0 Å². The predicted octanol–water partition coefficient (Wildman–Crippen LogP) is 1.00. The molecule has 2 aromatic heterocycles. The van der Waals surface area contributed by atoms with E-state index in [-0.39, 0.29) is 12.0 Å². The van der Waals surface area contributed by atoms with Gasteiger partial charge in [-0.15, -0.1) is 0 Å². The van der Waals surface area contributed by atoms with Crippen LogP contribution in [0, 0.1) is 0 Å². The Kier molecular flexibility index (Phi) is 5.79. The molecule has 0 aliphatic carbocycles. The van der Waals surface area contributed by atoms with Gasteiger partial charge >= 0.3 is 0 Å². The van der Waals surface area contributed by atoms with E-state index >= 15 is 0 Å². The number of carbonyl (C=O) groups excluding carboxylic acids is 1. The molecule has 0 radical (unpaired) electrons. The number of nitrogens with one attached hydrogen (secondary N) is 1. The summed E-state index contributed by atoms with van der Waals surface area (Å²) in [6.07, 6.45) is 4.67. The second-order valence-corrected chi connectivity index (χ2v) is 6.47. The number of thiophene rings is 1. The topological polar surface area (TPSA) is 59.4 Å². The number of ether oxygens (including phenoxy) is 1. The van der Waals surface area contributed by atoms with E-state index < -0.39 is 0 Å². The summed E-state index contributed by atoms with van der Waals surface area (Å²) in [5.41, 5.74) is 1.28. The second kappa shape index (κ2) is 8.24. The third-order valence-electron chi connectivity index (χ3n) is 3.86. The van der Waals surface area contributed by atoms with Crippen LogP contribution in [0.15, 0.2) is 35.3 Å². The van der Waals surface area contributed by atoms with Crippen molar-refractivity contribution in [2.45, 2.75) is 19.1 Å². The number of rotatable bonds is 7. The summed E-state index contributed by atoms with van der Waals surface area (Å²) in [5, 5.41) is 11.4. The van der Waals surface area contributed by atoms with Gasteiger partial charge in [0.25, 0.3) is 0 Å². The molecule has 0 bridgehead atoms. The Bertz CT molecular complexity index is 585. The molecule has 1 N–H and O–H groups in total. The maximum atomic E-state index is 12.1. The van der Waals surface area contributed by atoms with Gasteiger partial charge in [-0.1, -0.05) is 0 Å². The fourth-order valence-corrected chi connectivity index (χ4v) is 3.39. The molecule has 6 nitrogen and oxygen atoms in total. The van der Waals surface area contributed by atoms with Crippen LogP contribution in [-0.2, 0) is 22.5 Å². The van der Waals surface area contributed by atoms with Crippen molar-refractivity contribution in [3.05, 3.63) is 40.8 Å². The van der Waals surface area contributed by atoms with E-state index in [4.69, 9.17) is 4.74 Å². The maximum Gasteiger partial charge on any atom is 0.234 e. The molecule has 7 heteroatoms. The van der Waals surface area contributed by atoms with E-state index in [1.807, 2.05) is 16.9 Å². The van der Waals surface area contributed by atoms with Crippen molar-refractivity contribution in [1.82, 2.24) is 20.0 Å². The van der Waals surface area contributed by atoms with Crippen LogP contribution >= 0.6 is 11.3 Å². The van der Waals surface area contributed by atoms with Crippen LogP contribution in [0.2, 0.25) is 0 Å². The Morgan fingerprint density at radius 3 is 3.26 bits per heavy atom. The van der Waals surface area contributed by atoms with Crippen LogP contribution in [0.4, 0.5) is 0 Å². The molecule has 1 atom stereocenters. The lowest BCUT2D eigenvalue weighted by atomic mass is 10.2. The zero-order valence-electron chi connectivity index (χ0n) is 13.1. The lowest BCUT2D eigenvalue weighted by molar-refractivity contribution is -0.124. The normalized spacial score (nSPS) is 18.9. The van der Waals surface area contributed by atoms with Crippen LogP contribution in [0.3, 0.4) is 0 Å². The summed E-state index contributed by atoms with van der Waals surface area (Å²) >= 11 is 1.69. The Balaban J connectivity index is 1.37. The number of morpholine rings is 1. The van der Waals surface area contributed by atoms with E-state index in [0.29, 0.717) is 19.7 Å². The number of nitrogens with zero attached hydrogens (tertiary/aromatic N) is 3. The Morgan fingerprint density at radius 2 is 2.48 bits per heavy atom. The standard InChI is InChI=1S/C16H22N4O2S/c21-16(17-5-2-14-3-9-23-13-14)12-19-7-8-22-15(10-19)11-20-6-1-4-18-20/h1,3-4,6,9,13,15H,2,5,7-8,10-12H2,(H,17,21)/t15-/m1/s1. The van der Waals surface area contributed by atoms with Crippen molar-refractivity contribution < 1.29 is 9.53 Å². The van der Waals surface area contributed by atoms with Crippen molar-refractivity contribution in [2.24, 2.45) is 0 Å². The first-order valence-corrected chi connectivity index (χ1v) is 8.83. The lowest BCUT2D eigenvalue weighted by Gasteiger charge is -2.32. The van der Waals surface area contributed by atoms with Gasteiger partial charge in [0.05, 0.1) is 25.8 Å². The van der Waals surface area contributed by atoms with Gasteiger partial charge in [0, 0.05) is 32.0 Å². The third kappa shape index (κ3) is 5.16. The maximum absolute atomic E-state index is 12.1. The first kappa shape index (κ1) is 16.2. The molecule has 0 spiro atoms. The summed E-state index contributed by atoms with van der Waals surface area (Å²) < 4.78 is 7.63. The minimum Gasteiger partial charge on any atom is -0.374 e. The van der Waals surface area contributed by atoms with Gasteiger partial charge < -0.3 is 10.1 Å². The minimum absolute atomic E-state index is 0.0833. The smallest absolute Gasteiger partial charge is 0.234 e. The summed E-state index contributed by atoms with van der Waals surface area (Å²) in [7, 11) is 0. The molecule has 2 aromatic rings. The predicted molar refractivity (Wildman–Crippen MR) is 89.4 cm³/mol. The van der Waals surface area contributed by atoms with Crippen LogP contribution in [0.5, 0.6) is 0 Å². The summed E-state index contributed by atoms with van der Waals surface area (Å²) in [6, 6.07) is 4.00. The van der Waals surface area contributed by atoms with Crippen molar-refractivity contribution in [3.63, 3.8) is 0 Å². The average molecular weight is 334 g/mol. The SMILES string of the molecule is O=C(CN1CCO[C@@H](Cn2cccn2)C1)NCCc1ccsc1. The monoisotopic (exact) mass is 334 g/mol. The summed E-state index contributed by atoms with van der Waals surface area (Å²) in [6.45, 7) is 4.07. The van der Waals surface area contributed by atoms with E-state index in [0.717, 1.165) is 26.1 Å². The number of amides is 1. The van der Waals surface area contributed by atoms with Crippen LogP contribution in [-0.4, -0.2) is 59.5 Å². The lowest BCUT2D eigenvalue weighted by Crippen LogP contribution is -2.48. The highest BCUT2D eigenvalue weighted by molar-refractivity contribution is 7.07. The molecule has 3 rings (SSSR count). The van der Waals surface area contributed by atoms with Gasteiger partial charge in [0.15, 0.2) is 0 Å². The molecule has 1 aliphatic rings. The van der Waals surface area contributed by atoms with Gasteiger partial charge in [-0.2, -0.15) is 16.4 Å². The van der Waals surface area contributed by atoms with Gasteiger partial charge in [-0.3, -0.25) is 14.4 Å². The van der Waals surface area contributed by atoms with Gasteiger partial charge in [0.2, 0.25) is 5.91 Å². The van der Waals surface area contributed by atoms with E-state index in [1.54, 1.807) is 17.5 Å². The highest BCUT2D eigenvalue weighted by Gasteiger charge is 2.22. The molecule has 0 unspecified atom stereocenters. The minimum atomic E-state index is 0.0833. The average Bonchev–Trinajstić information content (AvgIpc) is 3.21. The molecule has 124 valence electrons. The molecule has 1 saturated heterocycles. The van der Waals surface area contributed by atoms with Crippen LogP contribution in [0.1, 0.15) is 5.56 Å². The fraction of sp³-hybridized carbons (Fsp3) is 0.500. The second-order valence-electron chi connectivity index (χ2n) is 5.69. The first-order valence-electron chi connectivity index (χ1n) is 7.89. The molecule has 3 heterocycles. The summed E-state index contributed by atoms with van der Waals surface area (Å²) in [4.78, 5) is 14.2. The molecule has 0 aromatic carbocycles. The molecule has 1 aliphatic heterocycles. The van der Waals surface area contributed by atoms with Crippen LogP contribution in [0.25, 0.3) is 0 Å². The largest absolute Gasteiger partial charge is 0.374 e. The van der Waals surface area contributed by atoms with Crippen LogP contribution < -0.4 is 5.32 Å². The Labute approximate surface area is 140 Å². The number of aromatic nitrogens is 2. The number of hydrogen-bond acceptors (Lipinski definition) is 5. The highest BCUT2D eigenvalue weighted by Crippen LogP contribution is 2.08. The zero-order valence-corrected chi connectivity index (χ0v) is 13.9. The Hall–Kier alpha value is -1.70. The van der Waals surface area contributed by atoms with Gasteiger partial charge in [-0.25, -0.2) is 0 Å². The molecule has 23 heavy (non-hydrogen) atoms. The zero-order chi connectivity index (χ0) is 15.9. The molecule has 1 fully saturated rings. The number of carbonyl (C=O) groups is 1. The molecular weight excluding hydrogens is 312 g/mol. The van der Waals surface area contributed by atoms with E-state index in [1.165, 1.54) is 5.56 Å².